The minimum Gasteiger partial charge on any atom is -0.423 e. The van der Waals surface area contributed by atoms with Crippen molar-refractivity contribution in [1.82, 2.24) is 4.98 Å². The van der Waals surface area contributed by atoms with Gasteiger partial charge in [0.15, 0.2) is 5.58 Å². The Morgan fingerprint density at radius 1 is 1.32 bits per heavy atom. The predicted octanol–water partition coefficient (Wildman–Crippen LogP) is 2.52. The average Bonchev–Trinajstić information content (AvgIpc) is 2.69. The van der Waals surface area contributed by atoms with E-state index in [1.165, 1.54) is 6.92 Å². The molecule has 0 spiro atoms. The van der Waals surface area contributed by atoms with Gasteiger partial charge in [-0.15, -0.1) is 0 Å². The Morgan fingerprint density at radius 2 is 2.11 bits per heavy atom. The van der Waals surface area contributed by atoms with Gasteiger partial charge in [0, 0.05) is 25.1 Å². The molecule has 0 saturated heterocycles. The quantitative estimate of drug-likeness (QED) is 0.885. The third-order valence-corrected chi connectivity index (χ3v) is 2.43. The van der Waals surface area contributed by atoms with Crippen LogP contribution in [0.1, 0.15) is 26.7 Å². The topological polar surface area (TPSA) is 84.2 Å². The molecule has 0 aliphatic rings. The molecule has 2 aromatic rings. The molecule has 0 atom stereocenters. The van der Waals surface area contributed by atoms with E-state index in [1.807, 2.05) is 6.92 Å². The van der Waals surface area contributed by atoms with Crippen LogP contribution in [0.25, 0.3) is 11.1 Å². The number of amides is 2. The SMILES string of the molecule is CCCC(=O)Nc1nc2ccc(NC(C)=O)cc2o1. The Kier molecular flexibility index (Phi) is 3.79. The molecule has 0 fully saturated rings. The first-order chi connectivity index (χ1) is 9.08. The van der Waals surface area contributed by atoms with Crippen molar-refractivity contribution in [3.8, 4) is 0 Å². The fraction of sp³-hybridized carbons (Fsp3) is 0.308. The van der Waals surface area contributed by atoms with Crippen LogP contribution in [-0.4, -0.2) is 16.8 Å². The van der Waals surface area contributed by atoms with Crippen LogP contribution >= 0.6 is 0 Å². The number of benzene rings is 1. The van der Waals surface area contributed by atoms with Crippen LogP contribution in [0.2, 0.25) is 0 Å². The van der Waals surface area contributed by atoms with Gasteiger partial charge in [-0.3, -0.25) is 14.9 Å². The average molecular weight is 261 g/mol. The Hall–Kier alpha value is -2.37. The van der Waals surface area contributed by atoms with E-state index in [9.17, 15) is 9.59 Å². The molecule has 0 aliphatic heterocycles. The van der Waals surface area contributed by atoms with Crippen LogP contribution in [-0.2, 0) is 9.59 Å². The maximum atomic E-state index is 11.4. The van der Waals surface area contributed by atoms with Crippen molar-refractivity contribution in [3.05, 3.63) is 18.2 Å². The molecule has 1 aromatic heterocycles. The van der Waals surface area contributed by atoms with Crippen LogP contribution < -0.4 is 10.6 Å². The molecule has 0 bridgehead atoms. The molecule has 2 amide bonds. The molecular weight excluding hydrogens is 246 g/mol. The second-order valence-electron chi connectivity index (χ2n) is 4.18. The summed E-state index contributed by atoms with van der Waals surface area (Å²) in [5.74, 6) is -0.286. The Morgan fingerprint density at radius 3 is 2.79 bits per heavy atom. The zero-order valence-corrected chi connectivity index (χ0v) is 10.8. The minimum atomic E-state index is -0.157. The molecule has 1 aromatic carbocycles. The number of anilines is 2. The second kappa shape index (κ2) is 5.51. The monoisotopic (exact) mass is 261 g/mol. The van der Waals surface area contributed by atoms with Crippen molar-refractivity contribution in [1.29, 1.82) is 0 Å². The first-order valence-electron chi connectivity index (χ1n) is 6.06. The number of hydrogen-bond donors (Lipinski definition) is 2. The lowest BCUT2D eigenvalue weighted by Crippen LogP contribution is -2.10. The van der Waals surface area contributed by atoms with Gasteiger partial charge >= 0.3 is 6.01 Å². The summed E-state index contributed by atoms with van der Waals surface area (Å²) in [6, 6.07) is 5.29. The lowest BCUT2D eigenvalue weighted by molar-refractivity contribution is -0.116. The Balaban J connectivity index is 2.20. The number of nitrogens with zero attached hydrogens (tertiary/aromatic N) is 1. The molecule has 100 valence electrons. The highest BCUT2D eigenvalue weighted by molar-refractivity contribution is 5.92. The number of hydrogen-bond acceptors (Lipinski definition) is 4. The van der Waals surface area contributed by atoms with Gasteiger partial charge in [0.2, 0.25) is 11.8 Å². The smallest absolute Gasteiger partial charge is 0.302 e. The molecule has 6 nitrogen and oxygen atoms in total. The van der Waals surface area contributed by atoms with Crippen molar-refractivity contribution < 1.29 is 14.0 Å². The molecule has 0 radical (unpaired) electrons. The number of aromatic nitrogens is 1. The Labute approximate surface area is 110 Å². The van der Waals surface area contributed by atoms with Crippen LogP contribution in [0.3, 0.4) is 0 Å². The van der Waals surface area contributed by atoms with Crippen molar-refractivity contribution in [2.75, 3.05) is 10.6 Å². The van der Waals surface area contributed by atoms with Gasteiger partial charge in [-0.2, -0.15) is 4.98 Å². The van der Waals surface area contributed by atoms with Crippen LogP contribution in [0.5, 0.6) is 0 Å². The van der Waals surface area contributed by atoms with Crippen molar-refractivity contribution in [2.24, 2.45) is 0 Å². The fourth-order valence-corrected chi connectivity index (χ4v) is 1.67. The maximum Gasteiger partial charge on any atom is 0.302 e. The largest absolute Gasteiger partial charge is 0.423 e. The molecule has 0 saturated carbocycles. The van der Waals surface area contributed by atoms with Crippen molar-refractivity contribution in [3.63, 3.8) is 0 Å². The Bertz CT molecular complexity index is 619. The summed E-state index contributed by atoms with van der Waals surface area (Å²) in [5, 5.41) is 5.24. The minimum absolute atomic E-state index is 0.129. The number of oxazole rings is 1. The maximum absolute atomic E-state index is 11.4. The summed E-state index contributed by atoms with van der Waals surface area (Å²) in [4.78, 5) is 26.5. The fourth-order valence-electron chi connectivity index (χ4n) is 1.67. The van der Waals surface area contributed by atoms with Gasteiger partial charge < -0.3 is 9.73 Å². The predicted molar refractivity (Wildman–Crippen MR) is 71.9 cm³/mol. The van der Waals surface area contributed by atoms with Crippen LogP contribution in [0.4, 0.5) is 11.7 Å². The number of rotatable bonds is 4. The van der Waals surface area contributed by atoms with Crippen molar-refractivity contribution >= 4 is 34.6 Å². The standard InChI is InChI=1S/C13H15N3O3/c1-3-4-12(18)16-13-15-10-6-5-9(14-8(2)17)7-11(10)19-13/h5-7H,3-4H2,1-2H3,(H,14,17)(H,15,16,18). The van der Waals surface area contributed by atoms with E-state index >= 15 is 0 Å². The van der Waals surface area contributed by atoms with Crippen LogP contribution in [0.15, 0.2) is 22.6 Å². The molecule has 2 N–H and O–H groups in total. The van der Waals surface area contributed by atoms with Gasteiger partial charge in [0.05, 0.1) is 0 Å². The number of carbonyl (C=O) groups is 2. The van der Waals surface area contributed by atoms with Gasteiger partial charge in [-0.25, -0.2) is 0 Å². The highest BCUT2D eigenvalue weighted by atomic mass is 16.4. The van der Waals surface area contributed by atoms with E-state index in [-0.39, 0.29) is 17.8 Å². The summed E-state index contributed by atoms with van der Waals surface area (Å²) < 4.78 is 5.41. The summed E-state index contributed by atoms with van der Waals surface area (Å²) in [6.45, 7) is 3.35. The van der Waals surface area contributed by atoms with Gasteiger partial charge in [-0.05, 0) is 18.6 Å². The third-order valence-electron chi connectivity index (χ3n) is 2.43. The van der Waals surface area contributed by atoms with E-state index in [1.54, 1.807) is 18.2 Å². The molecule has 19 heavy (non-hydrogen) atoms. The van der Waals surface area contributed by atoms with Gasteiger partial charge in [-0.1, -0.05) is 6.92 Å². The highest BCUT2D eigenvalue weighted by Crippen LogP contribution is 2.22. The molecule has 0 unspecified atom stereocenters. The zero-order valence-electron chi connectivity index (χ0n) is 10.8. The second-order valence-corrected chi connectivity index (χ2v) is 4.18. The van der Waals surface area contributed by atoms with Crippen LogP contribution in [0, 0.1) is 0 Å². The number of fused-ring (bicyclic) bond motifs is 1. The first kappa shape index (κ1) is 13.1. The summed E-state index contributed by atoms with van der Waals surface area (Å²) >= 11 is 0. The van der Waals surface area contributed by atoms with E-state index in [2.05, 4.69) is 15.6 Å². The summed E-state index contributed by atoms with van der Waals surface area (Å²) in [6.07, 6.45) is 1.19. The van der Waals surface area contributed by atoms with Crippen molar-refractivity contribution in [2.45, 2.75) is 26.7 Å². The van der Waals surface area contributed by atoms with Gasteiger partial charge in [0.1, 0.15) is 5.52 Å². The molecule has 6 heteroatoms. The summed E-state index contributed by atoms with van der Waals surface area (Å²) in [5.41, 5.74) is 1.77. The summed E-state index contributed by atoms with van der Waals surface area (Å²) in [7, 11) is 0. The number of nitrogens with one attached hydrogen (secondary N) is 2. The van der Waals surface area contributed by atoms with Gasteiger partial charge in [0.25, 0.3) is 0 Å². The van der Waals surface area contributed by atoms with E-state index in [4.69, 9.17) is 4.42 Å². The lowest BCUT2D eigenvalue weighted by Gasteiger charge is -1.99. The van der Waals surface area contributed by atoms with E-state index in [0.29, 0.717) is 23.2 Å². The highest BCUT2D eigenvalue weighted by Gasteiger charge is 2.09. The normalized spacial score (nSPS) is 10.4. The third kappa shape index (κ3) is 3.31. The zero-order chi connectivity index (χ0) is 13.8. The molecule has 2 rings (SSSR count). The molecule has 0 aliphatic carbocycles. The van der Waals surface area contributed by atoms with E-state index < -0.39 is 0 Å². The lowest BCUT2D eigenvalue weighted by atomic mass is 10.3. The number of carbonyl (C=O) groups excluding carboxylic acids is 2. The molecular formula is C13H15N3O3. The molecule has 1 heterocycles. The first-order valence-corrected chi connectivity index (χ1v) is 6.06. The van der Waals surface area contributed by atoms with E-state index in [0.717, 1.165) is 6.42 Å².